The summed E-state index contributed by atoms with van der Waals surface area (Å²) in [4.78, 5) is 0. The highest BCUT2D eigenvalue weighted by molar-refractivity contribution is 5.97. The average molecular weight is 356 g/mol. The average Bonchev–Trinajstić information content (AvgIpc) is 2.76. The van der Waals surface area contributed by atoms with Gasteiger partial charge in [-0.25, -0.2) is 0 Å². The fourth-order valence-electron chi connectivity index (χ4n) is 4.09. The molecule has 0 heteroatoms. The van der Waals surface area contributed by atoms with E-state index in [0.717, 1.165) is 18.4 Å². The summed E-state index contributed by atoms with van der Waals surface area (Å²) in [6.45, 7) is 0. The van der Waals surface area contributed by atoms with Crippen LogP contribution in [0.3, 0.4) is 0 Å². The van der Waals surface area contributed by atoms with Crippen molar-refractivity contribution in [2.45, 2.75) is 12.8 Å². The lowest BCUT2D eigenvalue weighted by atomic mass is 9.82. The largest absolute Gasteiger partial charge is 0.0975 e. The molecule has 1 aliphatic rings. The Balaban J connectivity index is 1.92. The molecule has 0 heterocycles. The topological polar surface area (TPSA) is 0 Å². The number of benzene rings is 4. The fraction of sp³-hybridized carbons (Fsp3) is 0.0714. The van der Waals surface area contributed by atoms with E-state index < -0.39 is 0 Å². The second-order valence-corrected chi connectivity index (χ2v) is 7.10. The molecule has 1 aliphatic carbocycles. The number of fused-ring (bicyclic) bond motifs is 3. The third-order valence-corrected chi connectivity index (χ3v) is 5.38. The summed E-state index contributed by atoms with van der Waals surface area (Å²) >= 11 is 0. The molecule has 0 atom stereocenters. The van der Waals surface area contributed by atoms with Gasteiger partial charge in [-0.2, -0.15) is 0 Å². The van der Waals surface area contributed by atoms with Crippen LogP contribution in [0.25, 0.3) is 33.4 Å². The predicted molar refractivity (Wildman–Crippen MR) is 118 cm³/mol. The summed E-state index contributed by atoms with van der Waals surface area (Å²) in [6, 6.07) is 34.6. The molecule has 0 radical (unpaired) electrons. The van der Waals surface area contributed by atoms with Crippen molar-refractivity contribution in [3.63, 3.8) is 0 Å². The molecule has 0 aromatic heterocycles. The van der Waals surface area contributed by atoms with Gasteiger partial charge < -0.3 is 0 Å². The summed E-state index contributed by atoms with van der Waals surface area (Å²) in [5.74, 6) is 6.82. The first-order valence-corrected chi connectivity index (χ1v) is 9.77. The third kappa shape index (κ3) is 2.92. The molecular weight excluding hydrogens is 336 g/mol. The standard InChI is InChI=1S/C28H20/c1-3-11-22(12-4-1)26-20-19-24-17-8-7-13-21-14-9-10-18-25(21)28(24)27(26)23-15-5-2-6-16-23/h1-6,9-12,14-16,18-20H,7,13H2. The zero-order valence-electron chi connectivity index (χ0n) is 15.7. The molecule has 0 spiro atoms. The lowest BCUT2D eigenvalue weighted by Crippen LogP contribution is -1.99. The maximum absolute atomic E-state index is 3.44. The normalized spacial score (nSPS) is 12.0. The highest BCUT2D eigenvalue weighted by Gasteiger charge is 2.19. The van der Waals surface area contributed by atoms with E-state index in [2.05, 4.69) is 109 Å². The van der Waals surface area contributed by atoms with E-state index in [-0.39, 0.29) is 0 Å². The molecule has 5 rings (SSSR count). The molecule has 0 aliphatic heterocycles. The zero-order chi connectivity index (χ0) is 18.8. The molecule has 132 valence electrons. The second kappa shape index (κ2) is 7.22. The van der Waals surface area contributed by atoms with Crippen LogP contribution in [0.5, 0.6) is 0 Å². The van der Waals surface area contributed by atoms with Crippen LogP contribution >= 0.6 is 0 Å². The van der Waals surface area contributed by atoms with Gasteiger partial charge in [-0.3, -0.25) is 0 Å². The van der Waals surface area contributed by atoms with E-state index in [4.69, 9.17) is 0 Å². The monoisotopic (exact) mass is 356 g/mol. The maximum atomic E-state index is 3.44. The Bertz CT molecular complexity index is 1190. The molecule has 0 unspecified atom stereocenters. The van der Waals surface area contributed by atoms with Gasteiger partial charge in [0.2, 0.25) is 0 Å². The Morgan fingerprint density at radius 1 is 0.536 bits per heavy atom. The van der Waals surface area contributed by atoms with Crippen LogP contribution in [0, 0.1) is 11.8 Å². The summed E-state index contributed by atoms with van der Waals surface area (Å²) < 4.78 is 0. The third-order valence-electron chi connectivity index (χ3n) is 5.38. The smallest absolute Gasteiger partial charge is 0.0330 e. The Morgan fingerprint density at radius 3 is 2.00 bits per heavy atom. The van der Waals surface area contributed by atoms with Crippen LogP contribution in [-0.2, 0) is 6.42 Å². The Hall–Kier alpha value is -3.56. The van der Waals surface area contributed by atoms with Crippen molar-refractivity contribution in [3.8, 4) is 45.2 Å². The highest BCUT2D eigenvalue weighted by atomic mass is 14.2. The van der Waals surface area contributed by atoms with E-state index >= 15 is 0 Å². The SMILES string of the molecule is C1#Cc2ccc(-c3ccccc3)c(-c3ccccc3)c2-c2ccccc2CC1. The van der Waals surface area contributed by atoms with Crippen LogP contribution in [0.15, 0.2) is 97.1 Å². The molecule has 4 aromatic carbocycles. The van der Waals surface area contributed by atoms with E-state index in [1.165, 1.54) is 38.9 Å². The van der Waals surface area contributed by atoms with Crippen LogP contribution in [0.2, 0.25) is 0 Å². The van der Waals surface area contributed by atoms with Gasteiger partial charge >= 0.3 is 0 Å². The van der Waals surface area contributed by atoms with Gasteiger partial charge in [0.25, 0.3) is 0 Å². The van der Waals surface area contributed by atoms with Crippen molar-refractivity contribution in [1.82, 2.24) is 0 Å². The van der Waals surface area contributed by atoms with Crippen LogP contribution < -0.4 is 0 Å². The number of rotatable bonds is 2. The van der Waals surface area contributed by atoms with Gasteiger partial charge in [-0.15, -0.1) is 0 Å². The van der Waals surface area contributed by atoms with Gasteiger partial charge in [0, 0.05) is 17.5 Å². The molecule has 4 aromatic rings. The fourth-order valence-corrected chi connectivity index (χ4v) is 4.09. The molecular formula is C28H20. The lowest BCUT2D eigenvalue weighted by molar-refractivity contribution is 1.03. The minimum Gasteiger partial charge on any atom is -0.0975 e. The summed E-state index contributed by atoms with van der Waals surface area (Å²) in [6.07, 6.45) is 1.89. The van der Waals surface area contributed by atoms with E-state index in [1.54, 1.807) is 0 Å². The number of hydrogen-bond acceptors (Lipinski definition) is 0. The van der Waals surface area contributed by atoms with Gasteiger partial charge in [0.15, 0.2) is 0 Å². The first-order valence-electron chi connectivity index (χ1n) is 9.77. The van der Waals surface area contributed by atoms with Crippen molar-refractivity contribution in [1.29, 1.82) is 0 Å². The molecule has 0 bridgehead atoms. The molecule has 0 amide bonds. The second-order valence-electron chi connectivity index (χ2n) is 7.10. The highest BCUT2D eigenvalue weighted by Crippen LogP contribution is 2.43. The van der Waals surface area contributed by atoms with E-state index in [1.807, 2.05) is 0 Å². The quantitative estimate of drug-likeness (QED) is 0.340. The summed E-state index contributed by atoms with van der Waals surface area (Å²) in [5.41, 5.74) is 10.0. The molecule has 0 nitrogen and oxygen atoms in total. The molecule has 0 saturated heterocycles. The minimum atomic E-state index is 0.900. The van der Waals surface area contributed by atoms with Crippen molar-refractivity contribution in [2.24, 2.45) is 0 Å². The summed E-state index contributed by atoms with van der Waals surface area (Å²) in [7, 11) is 0. The summed E-state index contributed by atoms with van der Waals surface area (Å²) in [5, 5.41) is 0. The Kier molecular flexibility index (Phi) is 4.28. The first kappa shape index (κ1) is 16.6. The zero-order valence-corrected chi connectivity index (χ0v) is 15.7. The molecule has 0 saturated carbocycles. The van der Waals surface area contributed by atoms with Gasteiger partial charge in [0.05, 0.1) is 0 Å². The Morgan fingerprint density at radius 2 is 1.21 bits per heavy atom. The number of hydrogen-bond donors (Lipinski definition) is 0. The van der Waals surface area contributed by atoms with E-state index in [9.17, 15) is 0 Å². The Labute approximate surface area is 166 Å². The van der Waals surface area contributed by atoms with Crippen molar-refractivity contribution in [2.75, 3.05) is 0 Å². The van der Waals surface area contributed by atoms with Crippen molar-refractivity contribution >= 4 is 0 Å². The predicted octanol–water partition coefficient (Wildman–Crippen LogP) is 6.99. The minimum absolute atomic E-state index is 0.900. The van der Waals surface area contributed by atoms with E-state index in [0.29, 0.717) is 0 Å². The van der Waals surface area contributed by atoms with Crippen LogP contribution in [0.1, 0.15) is 17.5 Å². The lowest BCUT2D eigenvalue weighted by Gasteiger charge is -2.21. The molecule has 28 heavy (non-hydrogen) atoms. The van der Waals surface area contributed by atoms with Crippen molar-refractivity contribution in [3.05, 3.63) is 108 Å². The van der Waals surface area contributed by atoms with Crippen LogP contribution in [0.4, 0.5) is 0 Å². The van der Waals surface area contributed by atoms with Crippen LogP contribution in [-0.4, -0.2) is 0 Å². The maximum Gasteiger partial charge on any atom is 0.0330 e. The van der Waals surface area contributed by atoms with Gasteiger partial charge in [-0.1, -0.05) is 103 Å². The first-order chi connectivity index (χ1) is 13.9. The molecule has 0 fully saturated rings. The van der Waals surface area contributed by atoms with Gasteiger partial charge in [-0.05, 0) is 45.9 Å². The van der Waals surface area contributed by atoms with Gasteiger partial charge in [0.1, 0.15) is 0 Å². The number of aryl methyl sites for hydroxylation is 1. The molecule has 0 N–H and O–H groups in total. The van der Waals surface area contributed by atoms with Crippen molar-refractivity contribution < 1.29 is 0 Å².